The number of aromatic amines is 1. The van der Waals surface area contributed by atoms with Crippen molar-refractivity contribution in [2.24, 2.45) is 0 Å². The summed E-state index contributed by atoms with van der Waals surface area (Å²) in [5.74, 6) is -0.00775. The maximum absolute atomic E-state index is 13.3. The number of aromatic nitrogens is 2. The number of pyridine rings is 1. The van der Waals surface area contributed by atoms with Gasteiger partial charge in [0.25, 0.3) is 5.91 Å². The van der Waals surface area contributed by atoms with Crippen LogP contribution in [-0.2, 0) is 6.18 Å². The van der Waals surface area contributed by atoms with E-state index in [9.17, 15) is 18.0 Å². The van der Waals surface area contributed by atoms with E-state index >= 15 is 0 Å². The van der Waals surface area contributed by atoms with Crippen LogP contribution < -0.4 is 5.32 Å². The first-order chi connectivity index (χ1) is 13.8. The van der Waals surface area contributed by atoms with Crippen molar-refractivity contribution in [3.63, 3.8) is 0 Å². The van der Waals surface area contributed by atoms with Gasteiger partial charge in [-0.25, -0.2) is 4.98 Å². The molecule has 2 heterocycles. The van der Waals surface area contributed by atoms with Gasteiger partial charge in [0.1, 0.15) is 11.5 Å². The molecule has 2 N–H and O–H groups in total. The number of nitrogens with one attached hydrogen (secondary N) is 2. The van der Waals surface area contributed by atoms with Crippen LogP contribution >= 0.6 is 0 Å². The first-order valence-electron chi connectivity index (χ1n) is 8.86. The molecule has 0 bridgehead atoms. The average Bonchev–Trinajstić information content (AvgIpc) is 3.11. The summed E-state index contributed by atoms with van der Waals surface area (Å²) in [7, 11) is 0. The van der Waals surface area contributed by atoms with Gasteiger partial charge in [-0.1, -0.05) is 35.9 Å². The molecular formula is C22H16F3N3O. The molecule has 4 nitrogen and oxygen atoms in total. The Morgan fingerprint density at radius 1 is 1.00 bits per heavy atom. The molecule has 0 spiro atoms. The van der Waals surface area contributed by atoms with Crippen LogP contribution in [0.1, 0.15) is 21.5 Å². The number of anilines is 1. The van der Waals surface area contributed by atoms with E-state index in [1.165, 1.54) is 12.1 Å². The van der Waals surface area contributed by atoms with Crippen LogP contribution in [-0.4, -0.2) is 15.9 Å². The molecule has 2 aromatic heterocycles. The second kappa shape index (κ2) is 7.09. The summed E-state index contributed by atoms with van der Waals surface area (Å²) in [5.41, 5.74) is 1.55. The number of fused-ring (bicyclic) bond motifs is 1. The molecule has 0 aliphatic heterocycles. The van der Waals surface area contributed by atoms with Crippen LogP contribution in [0.3, 0.4) is 0 Å². The second-order valence-corrected chi connectivity index (χ2v) is 6.68. The molecule has 7 heteroatoms. The number of benzene rings is 2. The number of carbonyl (C=O) groups is 1. The fraction of sp³-hybridized carbons (Fsp3) is 0.0909. The number of nitrogens with zero attached hydrogens (tertiary/aromatic N) is 1. The third kappa shape index (κ3) is 3.85. The topological polar surface area (TPSA) is 57.8 Å². The average molecular weight is 395 g/mol. The molecule has 0 aliphatic carbocycles. The molecule has 0 atom stereocenters. The number of rotatable bonds is 3. The first-order valence-corrected chi connectivity index (χ1v) is 8.86. The molecule has 29 heavy (non-hydrogen) atoms. The Hall–Kier alpha value is -3.61. The van der Waals surface area contributed by atoms with E-state index < -0.39 is 11.7 Å². The number of alkyl halides is 3. The van der Waals surface area contributed by atoms with E-state index in [0.717, 1.165) is 11.6 Å². The predicted octanol–water partition coefficient (Wildman–Crippen LogP) is 5.81. The van der Waals surface area contributed by atoms with Gasteiger partial charge in [0.2, 0.25) is 0 Å². The lowest BCUT2D eigenvalue weighted by atomic mass is 10.0. The van der Waals surface area contributed by atoms with Crippen molar-refractivity contribution in [2.75, 3.05) is 5.32 Å². The van der Waals surface area contributed by atoms with Gasteiger partial charge in [0.05, 0.1) is 5.56 Å². The summed E-state index contributed by atoms with van der Waals surface area (Å²) in [5, 5.41) is 3.35. The van der Waals surface area contributed by atoms with E-state index in [0.29, 0.717) is 28.1 Å². The van der Waals surface area contributed by atoms with Crippen molar-refractivity contribution in [1.82, 2.24) is 9.97 Å². The monoisotopic (exact) mass is 395 g/mol. The van der Waals surface area contributed by atoms with Crippen molar-refractivity contribution < 1.29 is 18.0 Å². The number of amides is 1. The number of hydrogen-bond acceptors (Lipinski definition) is 2. The number of H-pyrrole nitrogens is 1. The fourth-order valence-corrected chi connectivity index (χ4v) is 3.08. The van der Waals surface area contributed by atoms with Gasteiger partial charge in [-0.2, -0.15) is 13.2 Å². The molecule has 0 unspecified atom stereocenters. The van der Waals surface area contributed by atoms with Crippen LogP contribution in [0.25, 0.3) is 22.3 Å². The maximum Gasteiger partial charge on any atom is 0.417 e. The minimum atomic E-state index is -4.46. The number of carbonyl (C=O) groups excluding carboxylic acids is 1. The van der Waals surface area contributed by atoms with Crippen molar-refractivity contribution in [1.29, 1.82) is 0 Å². The van der Waals surface area contributed by atoms with Gasteiger partial charge < -0.3 is 10.3 Å². The highest BCUT2D eigenvalue weighted by Crippen LogP contribution is 2.37. The summed E-state index contributed by atoms with van der Waals surface area (Å²) in [4.78, 5) is 19.6. The Labute approximate surface area is 164 Å². The zero-order chi connectivity index (χ0) is 20.6. The van der Waals surface area contributed by atoms with E-state index in [1.807, 2.05) is 19.1 Å². The summed E-state index contributed by atoms with van der Waals surface area (Å²) >= 11 is 0. The molecular weight excluding hydrogens is 379 g/mol. The zero-order valence-electron chi connectivity index (χ0n) is 15.3. The van der Waals surface area contributed by atoms with Crippen molar-refractivity contribution >= 4 is 22.8 Å². The lowest BCUT2D eigenvalue weighted by Gasteiger charge is -2.11. The van der Waals surface area contributed by atoms with Gasteiger partial charge >= 0.3 is 6.18 Å². The SMILES string of the molecule is Cc1ccc(C(=O)Nc2ccc3cc(-c4ccccc4C(F)(F)F)[nH]c3n2)cc1. The van der Waals surface area contributed by atoms with Gasteiger partial charge in [-0.3, -0.25) is 4.79 Å². The third-order valence-corrected chi connectivity index (χ3v) is 4.56. The zero-order valence-corrected chi connectivity index (χ0v) is 15.3. The highest BCUT2D eigenvalue weighted by Gasteiger charge is 2.33. The Morgan fingerprint density at radius 2 is 1.72 bits per heavy atom. The van der Waals surface area contributed by atoms with Crippen LogP contribution in [0.5, 0.6) is 0 Å². The van der Waals surface area contributed by atoms with Gasteiger partial charge in [0.15, 0.2) is 0 Å². The van der Waals surface area contributed by atoms with E-state index in [-0.39, 0.29) is 11.5 Å². The molecule has 1 amide bonds. The second-order valence-electron chi connectivity index (χ2n) is 6.68. The molecule has 0 aliphatic rings. The van der Waals surface area contributed by atoms with Crippen LogP contribution in [0, 0.1) is 6.92 Å². The lowest BCUT2D eigenvalue weighted by molar-refractivity contribution is -0.137. The standard InChI is InChI=1S/C22H16F3N3O/c1-13-6-8-14(9-7-13)21(29)28-19-11-10-15-12-18(26-20(15)27-19)16-4-2-3-5-17(16)22(23,24)25/h2-12H,1H3,(H2,26,27,28,29). The molecule has 4 rings (SSSR count). The van der Waals surface area contributed by atoms with Crippen molar-refractivity contribution in [3.05, 3.63) is 83.4 Å². The number of aryl methyl sites for hydroxylation is 1. The minimum absolute atomic E-state index is 0.0447. The third-order valence-electron chi connectivity index (χ3n) is 4.56. The normalized spacial score (nSPS) is 11.6. The Morgan fingerprint density at radius 3 is 2.45 bits per heavy atom. The fourth-order valence-electron chi connectivity index (χ4n) is 3.08. The summed E-state index contributed by atoms with van der Waals surface area (Å²) in [6.45, 7) is 1.93. The Balaban J connectivity index is 1.65. The van der Waals surface area contributed by atoms with Gasteiger partial charge in [-0.05, 0) is 43.3 Å². The summed E-state index contributed by atoms with van der Waals surface area (Å²) in [6.07, 6.45) is -4.46. The Bertz CT molecular complexity index is 1190. The van der Waals surface area contributed by atoms with Crippen LogP contribution in [0.4, 0.5) is 19.0 Å². The smallest absolute Gasteiger partial charge is 0.339 e. The quantitative estimate of drug-likeness (QED) is 0.460. The van der Waals surface area contributed by atoms with Crippen molar-refractivity contribution in [2.45, 2.75) is 13.1 Å². The molecule has 0 radical (unpaired) electrons. The number of halogens is 3. The maximum atomic E-state index is 13.3. The van der Waals surface area contributed by atoms with Crippen molar-refractivity contribution in [3.8, 4) is 11.3 Å². The minimum Gasteiger partial charge on any atom is -0.339 e. The molecule has 0 fully saturated rings. The van der Waals surface area contributed by atoms with E-state index in [2.05, 4.69) is 15.3 Å². The van der Waals surface area contributed by atoms with E-state index in [4.69, 9.17) is 0 Å². The van der Waals surface area contributed by atoms with Crippen LogP contribution in [0.2, 0.25) is 0 Å². The highest BCUT2D eigenvalue weighted by atomic mass is 19.4. The predicted molar refractivity (Wildman–Crippen MR) is 106 cm³/mol. The first kappa shape index (κ1) is 18.7. The highest BCUT2D eigenvalue weighted by molar-refractivity contribution is 6.04. The largest absolute Gasteiger partial charge is 0.417 e. The molecule has 2 aromatic carbocycles. The number of hydrogen-bond donors (Lipinski definition) is 2. The molecule has 146 valence electrons. The molecule has 4 aromatic rings. The summed E-state index contributed by atoms with van der Waals surface area (Å²) < 4.78 is 39.9. The Kier molecular flexibility index (Phi) is 4.58. The summed E-state index contributed by atoms with van der Waals surface area (Å²) in [6, 6.07) is 17.4. The molecule has 0 saturated carbocycles. The van der Waals surface area contributed by atoms with Gasteiger partial charge in [-0.15, -0.1) is 0 Å². The molecule has 0 saturated heterocycles. The van der Waals surface area contributed by atoms with Crippen LogP contribution in [0.15, 0.2) is 66.7 Å². The van der Waals surface area contributed by atoms with E-state index in [1.54, 1.807) is 36.4 Å². The lowest BCUT2D eigenvalue weighted by Crippen LogP contribution is -2.12. The van der Waals surface area contributed by atoms with Gasteiger partial charge in [0, 0.05) is 22.2 Å².